The Hall–Kier alpha value is -1.85. The summed E-state index contributed by atoms with van der Waals surface area (Å²) in [6, 6.07) is 8.27. The van der Waals surface area contributed by atoms with Gasteiger partial charge in [0.2, 0.25) is 0 Å². The van der Waals surface area contributed by atoms with Crippen molar-refractivity contribution in [2.75, 3.05) is 19.8 Å². The Morgan fingerprint density at radius 2 is 2.29 bits per heavy atom. The molecule has 1 aromatic heterocycles. The summed E-state index contributed by atoms with van der Waals surface area (Å²) in [5.74, 6) is 1.43. The fourth-order valence-corrected chi connectivity index (χ4v) is 3.22. The van der Waals surface area contributed by atoms with Gasteiger partial charge >= 0.3 is 0 Å². The smallest absolute Gasteiger partial charge is 0.119 e. The van der Waals surface area contributed by atoms with Gasteiger partial charge in [0.1, 0.15) is 5.75 Å². The van der Waals surface area contributed by atoms with Gasteiger partial charge in [0, 0.05) is 43.9 Å². The van der Waals surface area contributed by atoms with Gasteiger partial charge in [0.25, 0.3) is 0 Å². The Balaban J connectivity index is 1.53. The summed E-state index contributed by atoms with van der Waals surface area (Å²) >= 11 is 0. The number of aromatic nitrogens is 2. The SMILES string of the molecule is CCOc1cccc(CNC[C@H]2CCO[C@@H]2c2cnn(CC)c2)c1. The summed E-state index contributed by atoms with van der Waals surface area (Å²) in [4.78, 5) is 0. The lowest BCUT2D eigenvalue weighted by Crippen LogP contribution is -2.24. The maximum Gasteiger partial charge on any atom is 0.119 e. The van der Waals surface area contributed by atoms with Gasteiger partial charge in [-0.3, -0.25) is 4.68 Å². The first-order chi connectivity index (χ1) is 11.8. The molecule has 0 radical (unpaired) electrons. The lowest BCUT2D eigenvalue weighted by atomic mass is 9.97. The van der Waals surface area contributed by atoms with Gasteiger partial charge in [-0.1, -0.05) is 12.1 Å². The van der Waals surface area contributed by atoms with Gasteiger partial charge in [-0.2, -0.15) is 5.10 Å². The minimum atomic E-state index is 0.160. The highest BCUT2D eigenvalue weighted by Crippen LogP contribution is 2.33. The van der Waals surface area contributed by atoms with E-state index in [4.69, 9.17) is 9.47 Å². The Labute approximate surface area is 144 Å². The number of rotatable bonds is 8. The van der Waals surface area contributed by atoms with Crippen molar-refractivity contribution < 1.29 is 9.47 Å². The van der Waals surface area contributed by atoms with E-state index in [-0.39, 0.29) is 6.10 Å². The standard InChI is InChI=1S/C19H27N3O2/c1-3-22-14-17(13-21-22)19-16(8-9-24-19)12-20-11-15-6-5-7-18(10-15)23-4-2/h5-7,10,13-14,16,19-20H,3-4,8-9,11-12H2,1-2H3/t16-,19+/m1/s1. The molecule has 0 unspecified atom stereocenters. The maximum atomic E-state index is 5.95. The third-order valence-corrected chi connectivity index (χ3v) is 4.47. The van der Waals surface area contributed by atoms with E-state index in [2.05, 4.69) is 35.7 Å². The summed E-state index contributed by atoms with van der Waals surface area (Å²) < 4.78 is 13.5. The number of hydrogen-bond donors (Lipinski definition) is 1. The molecular formula is C19H27N3O2. The number of nitrogens with one attached hydrogen (secondary N) is 1. The summed E-state index contributed by atoms with van der Waals surface area (Å²) in [5.41, 5.74) is 2.44. The maximum absolute atomic E-state index is 5.95. The average Bonchev–Trinajstić information content (AvgIpc) is 3.24. The van der Waals surface area contributed by atoms with E-state index in [1.807, 2.05) is 29.9 Å². The molecule has 2 heterocycles. The first-order valence-corrected chi connectivity index (χ1v) is 8.86. The number of benzene rings is 1. The molecule has 1 aliphatic heterocycles. The number of aryl methyl sites for hydroxylation is 1. The molecule has 1 fully saturated rings. The molecule has 2 aromatic rings. The molecule has 0 aliphatic carbocycles. The normalized spacial score (nSPS) is 20.4. The highest BCUT2D eigenvalue weighted by Gasteiger charge is 2.30. The van der Waals surface area contributed by atoms with Gasteiger partial charge in [-0.15, -0.1) is 0 Å². The second kappa shape index (κ2) is 8.31. The van der Waals surface area contributed by atoms with Gasteiger partial charge in [0.05, 0.1) is 18.9 Å². The molecule has 2 atom stereocenters. The summed E-state index contributed by atoms with van der Waals surface area (Å²) in [7, 11) is 0. The van der Waals surface area contributed by atoms with Crippen molar-refractivity contribution in [3.63, 3.8) is 0 Å². The zero-order chi connectivity index (χ0) is 16.8. The number of nitrogens with zero attached hydrogens (tertiary/aromatic N) is 2. The van der Waals surface area contributed by atoms with Gasteiger partial charge in [-0.25, -0.2) is 0 Å². The van der Waals surface area contributed by atoms with E-state index in [1.165, 1.54) is 11.1 Å². The van der Waals surface area contributed by atoms with Crippen LogP contribution in [0.4, 0.5) is 0 Å². The minimum Gasteiger partial charge on any atom is -0.494 e. The van der Waals surface area contributed by atoms with E-state index >= 15 is 0 Å². The third-order valence-electron chi connectivity index (χ3n) is 4.47. The average molecular weight is 329 g/mol. The van der Waals surface area contributed by atoms with Crippen molar-refractivity contribution in [3.05, 3.63) is 47.8 Å². The van der Waals surface area contributed by atoms with Crippen molar-refractivity contribution in [2.24, 2.45) is 5.92 Å². The van der Waals surface area contributed by atoms with Crippen LogP contribution in [0, 0.1) is 5.92 Å². The lowest BCUT2D eigenvalue weighted by molar-refractivity contribution is 0.0904. The Kier molecular flexibility index (Phi) is 5.88. The molecule has 0 bridgehead atoms. The molecule has 5 nitrogen and oxygen atoms in total. The van der Waals surface area contributed by atoms with Crippen molar-refractivity contribution >= 4 is 0 Å². The van der Waals surface area contributed by atoms with E-state index in [0.29, 0.717) is 12.5 Å². The van der Waals surface area contributed by atoms with Crippen molar-refractivity contribution in [1.29, 1.82) is 0 Å². The first-order valence-electron chi connectivity index (χ1n) is 8.86. The highest BCUT2D eigenvalue weighted by molar-refractivity contribution is 5.28. The predicted molar refractivity (Wildman–Crippen MR) is 94.0 cm³/mol. The van der Waals surface area contributed by atoms with Crippen LogP contribution in [-0.4, -0.2) is 29.5 Å². The zero-order valence-corrected chi connectivity index (χ0v) is 14.6. The number of ether oxygens (including phenoxy) is 2. The predicted octanol–water partition coefficient (Wildman–Crippen LogP) is 3.17. The first kappa shape index (κ1) is 17.0. The van der Waals surface area contributed by atoms with Crippen LogP contribution in [0.3, 0.4) is 0 Å². The Bertz CT molecular complexity index is 641. The molecule has 1 N–H and O–H groups in total. The monoisotopic (exact) mass is 329 g/mol. The van der Waals surface area contributed by atoms with Crippen LogP contribution >= 0.6 is 0 Å². The molecular weight excluding hydrogens is 302 g/mol. The van der Waals surface area contributed by atoms with Gasteiger partial charge in [0.15, 0.2) is 0 Å². The summed E-state index contributed by atoms with van der Waals surface area (Å²) in [6.45, 7) is 8.32. The van der Waals surface area contributed by atoms with Crippen molar-refractivity contribution in [3.8, 4) is 5.75 Å². The third kappa shape index (κ3) is 4.16. The van der Waals surface area contributed by atoms with Crippen molar-refractivity contribution in [2.45, 2.75) is 39.5 Å². The molecule has 24 heavy (non-hydrogen) atoms. The fraction of sp³-hybridized carbons (Fsp3) is 0.526. The molecule has 1 saturated heterocycles. The van der Waals surface area contributed by atoms with Crippen LogP contribution in [0.25, 0.3) is 0 Å². The molecule has 1 aliphatic rings. The van der Waals surface area contributed by atoms with E-state index in [0.717, 1.165) is 38.4 Å². The fourth-order valence-electron chi connectivity index (χ4n) is 3.22. The topological polar surface area (TPSA) is 48.3 Å². The van der Waals surface area contributed by atoms with Gasteiger partial charge < -0.3 is 14.8 Å². The van der Waals surface area contributed by atoms with Crippen LogP contribution in [-0.2, 0) is 17.8 Å². The second-order valence-electron chi connectivity index (χ2n) is 6.18. The van der Waals surface area contributed by atoms with Gasteiger partial charge in [-0.05, 0) is 38.0 Å². The Morgan fingerprint density at radius 1 is 1.38 bits per heavy atom. The summed E-state index contributed by atoms with van der Waals surface area (Å²) in [6.07, 6.45) is 5.30. The second-order valence-corrected chi connectivity index (χ2v) is 6.18. The van der Waals surface area contributed by atoms with Crippen LogP contribution in [0.1, 0.15) is 37.5 Å². The van der Waals surface area contributed by atoms with Crippen molar-refractivity contribution in [1.82, 2.24) is 15.1 Å². The quantitative estimate of drug-likeness (QED) is 0.808. The minimum absolute atomic E-state index is 0.160. The lowest BCUT2D eigenvalue weighted by Gasteiger charge is -2.18. The van der Waals surface area contributed by atoms with Crippen LogP contribution < -0.4 is 10.1 Å². The molecule has 0 saturated carbocycles. The van der Waals surface area contributed by atoms with Crippen LogP contribution in [0.5, 0.6) is 5.75 Å². The van der Waals surface area contributed by atoms with Crippen LogP contribution in [0.15, 0.2) is 36.7 Å². The molecule has 130 valence electrons. The zero-order valence-electron chi connectivity index (χ0n) is 14.6. The Morgan fingerprint density at radius 3 is 3.08 bits per heavy atom. The molecule has 0 spiro atoms. The van der Waals surface area contributed by atoms with E-state index in [1.54, 1.807) is 0 Å². The van der Waals surface area contributed by atoms with E-state index in [9.17, 15) is 0 Å². The number of hydrogen-bond acceptors (Lipinski definition) is 4. The summed E-state index contributed by atoms with van der Waals surface area (Å²) in [5, 5.41) is 7.94. The molecule has 3 rings (SSSR count). The highest BCUT2D eigenvalue weighted by atomic mass is 16.5. The molecule has 1 aromatic carbocycles. The molecule has 0 amide bonds. The molecule has 5 heteroatoms. The van der Waals surface area contributed by atoms with Crippen LogP contribution in [0.2, 0.25) is 0 Å². The van der Waals surface area contributed by atoms with E-state index < -0.39 is 0 Å². The largest absolute Gasteiger partial charge is 0.494 e.